The van der Waals surface area contributed by atoms with Crippen LogP contribution in [0.3, 0.4) is 0 Å². The van der Waals surface area contributed by atoms with Gasteiger partial charge in [-0.05, 0) is 17.0 Å². The van der Waals surface area contributed by atoms with Crippen LogP contribution in [-0.2, 0) is 16.7 Å². The molecule has 0 atom stereocenters. The molecule has 0 aliphatic carbocycles. The van der Waals surface area contributed by atoms with Crippen LogP contribution in [0.4, 0.5) is 0 Å². The van der Waals surface area contributed by atoms with Crippen molar-refractivity contribution in [2.75, 3.05) is 20.8 Å². The molecule has 0 amide bonds. The van der Waals surface area contributed by atoms with Crippen LogP contribution in [-0.4, -0.2) is 20.8 Å². The lowest BCUT2D eigenvalue weighted by molar-refractivity contribution is 0.140. The predicted octanol–water partition coefficient (Wildman–Crippen LogP) is 2.43. The quantitative estimate of drug-likeness (QED) is 0.819. The van der Waals surface area contributed by atoms with E-state index in [-0.39, 0.29) is 5.41 Å². The fraction of sp³-hybridized carbons (Fsp3) is 0.571. The van der Waals surface area contributed by atoms with Gasteiger partial charge in [0.15, 0.2) is 11.5 Å². The summed E-state index contributed by atoms with van der Waals surface area (Å²) in [5.74, 6) is 6.59. The Kier molecular flexibility index (Phi) is 4.99. The molecule has 102 valence electrons. The third-order valence-electron chi connectivity index (χ3n) is 2.91. The Balaban J connectivity index is 3.26. The number of hydrogen-bond acceptors (Lipinski definition) is 4. The number of rotatable bonds is 5. The molecule has 18 heavy (non-hydrogen) atoms. The number of hydrogen-bond donors (Lipinski definition) is 1. The SMILES string of the molecule is COc1cc(C(C)(C)C)cc(CCON)c1OC. The molecule has 0 heterocycles. The van der Waals surface area contributed by atoms with Crippen LogP contribution in [0, 0.1) is 0 Å². The molecule has 1 aromatic rings. The van der Waals surface area contributed by atoms with Crippen molar-refractivity contribution < 1.29 is 14.3 Å². The minimum Gasteiger partial charge on any atom is -0.493 e. The average molecular weight is 253 g/mol. The third-order valence-corrected chi connectivity index (χ3v) is 2.91. The molecule has 1 aromatic carbocycles. The topological polar surface area (TPSA) is 53.7 Å². The van der Waals surface area contributed by atoms with Crippen LogP contribution in [0.15, 0.2) is 12.1 Å². The van der Waals surface area contributed by atoms with Crippen LogP contribution in [0.5, 0.6) is 11.5 Å². The molecular formula is C14H23NO3. The summed E-state index contributed by atoms with van der Waals surface area (Å²) in [4.78, 5) is 4.65. The molecule has 4 heteroatoms. The van der Waals surface area contributed by atoms with Crippen molar-refractivity contribution in [1.82, 2.24) is 0 Å². The summed E-state index contributed by atoms with van der Waals surface area (Å²) in [6.45, 7) is 6.94. The summed E-state index contributed by atoms with van der Waals surface area (Å²) in [5.41, 5.74) is 2.30. The minimum absolute atomic E-state index is 0.0534. The smallest absolute Gasteiger partial charge is 0.164 e. The largest absolute Gasteiger partial charge is 0.493 e. The van der Waals surface area contributed by atoms with E-state index in [2.05, 4.69) is 31.7 Å². The first-order chi connectivity index (χ1) is 8.43. The summed E-state index contributed by atoms with van der Waals surface area (Å²) >= 11 is 0. The summed E-state index contributed by atoms with van der Waals surface area (Å²) in [7, 11) is 3.29. The van der Waals surface area contributed by atoms with E-state index >= 15 is 0 Å². The van der Waals surface area contributed by atoms with E-state index < -0.39 is 0 Å². The molecule has 0 radical (unpaired) electrons. The summed E-state index contributed by atoms with van der Waals surface area (Å²) in [6, 6.07) is 4.14. The average Bonchev–Trinajstić information content (AvgIpc) is 2.33. The van der Waals surface area contributed by atoms with Gasteiger partial charge in [0.2, 0.25) is 0 Å². The summed E-state index contributed by atoms with van der Waals surface area (Å²) in [5, 5.41) is 0. The van der Waals surface area contributed by atoms with Gasteiger partial charge in [0.05, 0.1) is 20.8 Å². The second-order valence-corrected chi connectivity index (χ2v) is 5.24. The molecular weight excluding hydrogens is 230 g/mol. The third kappa shape index (κ3) is 3.37. The monoisotopic (exact) mass is 253 g/mol. The van der Waals surface area contributed by atoms with E-state index in [4.69, 9.17) is 15.4 Å². The number of methoxy groups -OCH3 is 2. The number of ether oxygens (including phenoxy) is 2. The summed E-state index contributed by atoms with van der Waals surface area (Å²) in [6.07, 6.45) is 0.694. The van der Waals surface area contributed by atoms with E-state index in [0.717, 1.165) is 17.1 Å². The molecule has 0 bridgehead atoms. The Morgan fingerprint density at radius 3 is 2.22 bits per heavy atom. The molecule has 1 rings (SSSR count). The van der Waals surface area contributed by atoms with Crippen molar-refractivity contribution in [2.24, 2.45) is 5.90 Å². The number of benzene rings is 1. The van der Waals surface area contributed by atoms with Gasteiger partial charge in [-0.3, -0.25) is 0 Å². The van der Waals surface area contributed by atoms with Crippen molar-refractivity contribution in [2.45, 2.75) is 32.6 Å². The lowest BCUT2D eigenvalue weighted by Gasteiger charge is -2.23. The highest BCUT2D eigenvalue weighted by Gasteiger charge is 2.19. The highest BCUT2D eigenvalue weighted by molar-refractivity contribution is 5.51. The van der Waals surface area contributed by atoms with Crippen LogP contribution >= 0.6 is 0 Å². The molecule has 0 spiro atoms. The number of nitrogens with two attached hydrogens (primary N) is 1. The fourth-order valence-electron chi connectivity index (χ4n) is 1.83. The highest BCUT2D eigenvalue weighted by Crippen LogP contribution is 2.36. The molecule has 0 aliphatic rings. The molecule has 0 aromatic heterocycles. The second-order valence-electron chi connectivity index (χ2n) is 5.24. The molecule has 0 aliphatic heterocycles. The maximum atomic E-state index is 5.41. The maximum absolute atomic E-state index is 5.41. The van der Waals surface area contributed by atoms with Crippen LogP contribution in [0.2, 0.25) is 0 Å². The summed E-state index contributed by atoms with van der Waals surface area (Å²) < 4.78 is 10.8. The van der Waals surface area contributed by atoms with Gasteiger partial charge in [-0.1, -0.05) is 26.8 Å². The van der Waals surface area contributed by atoms with Gasteiger partial charge < -0.3 is 14.3 Å². The molecule has 0 saturated heterocycles. The predicted molar refractivity (Wildman–Crippen MR) is 72.1 cm³/mol. The van der Waals surface area contributed by atoms with Crippen molar-refractivity contribution >= 4 is 0 Å². The maximum Gasteiger partial charge on any atom is 0.164 e. The van der Waals surface area contributed by atoms with Crippen molar-refractivity contribution in [3.8, 4) is 11.5 Å². The molecule has 4 nitrogen and oxygen atoms in total. The first kappa shape index (κ1) is 14.8. The van der Waals surface area contributed by atoms with Crippen LogP contribution in [0.25, 0.3) is 0 Å². The fourth-order valence-corrected chi connectivity index (χ4v) is 1.83. The van der Waals surface area contributed by atoms with Crippen molar-refractivity contribution in [1.29, 1.82) is 0 Å². The van der Waals surface area contributed by atoms with Gasteiger partial charge in [0, 0.05) is 12.0 Å². The highest BCUT2D eigenvalue weighted by atomic mass is 16.6. The lowest BCUT2D eigenvalue weighted by Crippen LogP contribution is -2.13. The molecule has 0 saturated carbocycles. The zero-order valence-corrected chi connectivity index (χ0v) is 11.9. The normalized spacial score (nSPS) is 11.4. The van der Waals surface area contributed by atoms with Crippen molar-refractivity contribution in [3.63, 3.8) is 0 Å². The van der Waals surface area contributed by atoms with Gasteiger partial charge in [0.1, 0.15) is 0 Å². The van der Waals surface area contributed by atoms with Gasteiger partial charge in [-0.25, -0.2) is 5.90 Å². The Morgan fingerprint density at radius 1 is 1.11 bits per heavy atom. The van der Waals surface area contributed by atoms with Gasteiger partial charge >= 0.3 is 0 Å². The zero-order chi connectivity index (χ0) is 13.8. The van der Waals surface area contributed by atoms with Gasteiger partial charge in [-0.15, -0.1) is 0 Å². The van der Waals surface area contributed by atoms with E-state index in [1.165, 1.54) is 5.56 Å². The van der Waals surface area contributed by atoms with E-state index in [0.29, 0.717) is 13.0 Å². The van der Waals surface area contributed by atoms with E-state index in [1.54, 1.807) is 14.2 Å². The van der Waals surface area contributed by atoms with Crippen molar-refractivity contribution in [3.05, 3.63) is 23.3 Å². The first-order valence-corrected chi connectivity index (χ1v) is 6.01. The van der Waals surface area contributed by atoms with Crippen LogP contribution in [0.1, 0.15) is 31.9 Å². The Bertz CT molecular complexity index is 397. The van der Waals surface area contributed by atoms with E-state index in [9.17, 15) is 0 Å². The van der Waals surface area contributed by atoms with Gasteiger partial charge in [-0.2, -0.15) is 0 Å². The Morgan fingerprint density at radius 2 is 1.78 bits per heavy atom. The van der Waals surface area contributed by atoms with Gasteiger partial charge in [0.25, 0.3) is 0 Å². The van der Waals surface area contributed by atoms with E-state index in [1.807, 2.05) is 6.07 Å². The molecule has 0 unspecified atom stereocenters. The minimum atomic E-state index is 0.0534. The van der Waals surface area contributed by atoms with Crippen LogP contribution < -0.4 is 15.4 Å². The standard InChI is InChI=1S/C14H23NO3/c1-14(2,3)11-8-10(6-7-18-15)13(17-5)12(9-11)16-4/h8-9H,6-7,15H2,1-5H3. The second kappa shape index (κ2) is 6.07. The lowest BCUT2D eigenvalue weighted by atomic mass is 9.85. The Hall–Kier alpha value is -1.26. The first-order valence-electron chi connectivity index (χ1n) is 6.01. The molecule has 2 N–H and O–H groups in total. The zero-order valence-electron chi connectivity index (χ0n) is 11.9. The molecule has 0 fully saturated rings. The Labute approximate surface area is 109 Å².